The molecule has 0 radical (unpaired) electrons. The van der Waals surface area contributed by atoms with Gasteiger partial charge in [-0.2, -0.15) is 5.26 Å². The SMILES string of the molecule is N#Cc1cc(N2CCC(C(O)c3ncc[nH]3)CC2)nc2ccc([N+](=O)[O-])cc12. The fourth-order valence-electron chi connectivity index (χ4n) is 3.67. The summed E-state index contributed by atoms with van der Waals surface area (Å²) in [5.41, 5.74) is 0.852. The molecular weight excluding hydrogens is 360 g/mol. The fourth-order valence-corrected chi connectivity index (χ4v) is 3.67. The summed E-state index contributed by atoms with van der Waals surface area (Å²) in [4.78, 5) is 24.3. The zero-order chi connectivity index (χ0) is 19.7. The summed E-state index contributed by atoms with van der Waals surface area (Å²) in [5, 5.41) is 31.4. The lowest BCUT2D eigenvalue weighted by atomic mass is 9.90. The average molecular weight is 378 g/mol. The summed E-state index contributed by atoms with van der Waals surface area (Å²) in [6.07, 6.45) is 4.23. The molecule has 1 aromatic carbocycles. The number of nitro benzene ring substituents is 1. The topological polar surface area (TPSA) is 132 Å². The molecule has 1 unspecified atom stereocenters. The Hall–Kier alpha value is -3.51. The lowest BCUT2D eigenvalue weighted by molar-refractivity contribution is -0.384. The van der Waals surface area contributed by atoms with Crippen LogP contribution in [0.25, 0.3) is 10.9 Å². The third-order valence-corrected chi connectivity index (χ3v) is 5.22. The second kappa shape index (κ2) is 7.25. The van der Waals surface area contributed by atoms with Gasteiger partial charge in [0.05, 0.1) is 22.1 Å². The van der Waals surface area contributed by atoms with Gasteiger partial charge in [0.1, 0.15) is 17.7 Å². The number of piperidine rings is 1. The first-order valence-electron chi connectivity index (χ1n) is 8.98. The minimum absolute atomic E-state index is 0.0636. The number of non-ortho nitro benzene ring substituents is 1. The van der Waals surface area contributed by atoms with Crippen molar-refractivity contribution in [1.29, 1.82) is 5.26 Å². The molecule has 1 aliphatic rings. The number of aliphatic hydroxyl groups excluding tert-OH is 1. The average Bonchev–Trinajstić information content (AvgIpc) is 3.27. The largest absolute Gasteiger partial charge is 0.385 e. The first-order valence-corrected chi connectivity index (χ1v) is 8.98. The van der Waals surface area contributed by atoms with Crippen LogP contribution in [-0.4, -0.2) is 38.1 Å². The number of H-pyrrole nitrogens is 1. The summed E-state index contributed by atoms with van der Waals surface area (Å²) in [7, 11) is 0. The summed E-state index contributed by atoms with van der Waals surface area (Å²) in [6, 6.07) is 8.15. The Kier molecular flexibility index (Phi) is 4.63. The Morgan fingerprint density at radius 1 is 1.36 bits per heavy atom. The third-order valence-electron chi connectivity index (χ3n) is 5.22. The van der Waals surface area contributed by atoms with Gasteiger partial charge in [-0.1, -0.05) is 0 Å². The van der Waals surface area contributed by atoms with E-state index in [4.69, 9.17) is 0 Å². The molecule has 1 aliphatic heterocycles. The molecule has 1 saturated heterocycles. The number of benzene rings is 1. The van der Waals surface area contributed by atoms with E-state index in [-0.39, 0.29) is 11.6 Å². The molecule has 0 saturated carbocycles. The highest BCUT2D eigenvalue weighted by molar-refractivity contribution is 5.88. The first-order chi connectivity index (χ1) is 13.6. The van der Waals surface area contributed by atoms with Gasteiger partial charge in [0.25, 0.3) is 5.69 Å². The Morgan fingerprint density at radius 2 is 2.14 bits per heavy atom. The summed E-state index contributed by atoms with van der Waals surface area (Å²) in [5.74, 6) is 1.35. The minimum Gasteiger partial charge on any atom is -0.385 e. The van der Waals surface area contributed by atoms with Crippen molar-refractivity contribution in [2.24, 2.45) is 5.92 Å². The molecule has 0 spiro atoms. The molecule has 28 heavy (non-hydrogen) atoms. The molecule has 4 rings (SSSR count). The van der Waals surface area contributed by atoms with Crippen LogP contribution in [0.3, 0.4) is 0 Å². The highest BCUT2D eigenvalue weighted by atomic mass is 16.6. The van der Waals surface area contributed by atoms with Gasteiger partial charge in [0, 0.05) is 43.0 Å². The molecule has 142 valence electrons. The van der Waals surface area contributed by atoms with Crippen LogP contribution in [0.5, 0.6) is 0 Å². The van der Waals surface area contributed by atoms with E-state index in [9.17, 15) is 20.5 Å². The van der Waals surface area contributed by atoms with Crippen molar-refractivity contribution in [1.82, 2.24) is 15.0 Å². The molecule has 3 aromatic rings. The van der Waals surface area contributed by atoms with Crippen LogP contribution < -0.4 is 4.90 Å². The van der Waals surface area contributed by atoms with E-state index in [1.807, 2.05) is 0 Å². The molecule has 2 aromatic heterocycles. The molecule has 0 bridgehead atoms. The number of imidazole rings is 1. The van der Waals surface area contributed by atoms with Gasteiger partial charge in [-0.25, -0.2) is 9.97 Å². The van der Waals surface area contributed by atoms with E-state index in [2.05, 4.69) is 25.9 Å². The van der Waals surface area contributed by atoms with Gasteiger partial charge in [-0.15, -0.1) is 0 Å². The number of pyridine rings is 1. The second-order valence-corrected chi connectivity index (χ2v) is 6.84. The third kappa shape index (κ3) is 3.25. The number of nitro groups is 1. The van der Waals surface area contributed by atoms with Crippen molar-refractivity contribution in [2.45, 2.75) is 18.9 Å². The van der Waals surface area contributed by atoms with Crippen LogP contribution in [0.2, 0.25) is 0 Å². The van der Waals surface area contributed by atoms with Crippen molar-refractivity contribution in [3.8, 4) is 6.07 Å². The maximum absolute atomic E-state index is 11.0. The predicted molar refractivity (Wildman–Crippen MR) is 102 cm³/mol. The Morgan fingerprint density at radius 3 is 2.79 bits per heavy atom. The van der Waals surface area contributed by atoms with Crippen molar-refractivity contribution in [3.63, 3.8) is 0 Å². The molecule has 0 aliphatic carbocycles. The predicted octanol–water partition coefficient (Wildman–Crippen LogP) is 2.69. The van der Waals surface area contributed by atoms with Crippen LogP contribution in [0.1, 0.15) is 30.3 Å². The number of nitrogens with one attached hydrogen (secondary N) is 1. The monoisotopic (exact) mass is 378 g/mol. The number of rotatable bonds is 4. The number of hydrogen-bond donors (Lipinski definition) is 2. The second-order valence-electron chi connectivity index (χ2n) is 6.84. The highest BCUT2D eigenvalue weighted by Gasteiger charge is 2.28. The van der Waals surface area contributed by atoms with Crippen LogP contribution in [0.4, 0.5) is 11.5 Å². The number of aromatic nitrogens is 3. The number of aromatic amines is 1. The molecule has 1 atom stereocenters. The van der Waals surface area contributed by atoms with Crippen LogP contribution in [0, 0.1) is 27.4 Å². The highest BCUT2D eigenvalue weighted by Crippen LogP contribution is 2.32. The minimum atomic E-state index is -0.628. The Bertz CT molecular complexity index is 1050. The van der Waals surface area contributed by atoms with Crippen molar-refractivity contribution >= 4 is 22.4 Å². The van der Waals surface area contributed by atoms with Gasteiger partial charge in [-0.05, 0) is 30.9 Å². The molecule has 1 fully saturated rings. The lowest BCUT2D eigenvalue weighted by Crippen LogP contribution is -2.36. The van der Waals surface area contributed by atoms with Crippen LogP contribution in [-0.2, 0) is 0 Å². The van der Waals surface area contributed by atoms with Gasteiger partial charge >= 0.3 is 0 Å². The van der Waals surface area contributed by atoms with E-state index in [0.717, 1.165) is 12.8 Å². The number of aliphatic hydroxyl groups is 1. The normalized spacial score (nSPS) is 16.1. The molecule has 0 amide bonds. The maximum atomic E-state index is 11.0. The fraction of sp³-hybridized carbons (Fsp3) is 0.316. The molecule has 9 nitrogen and oxygen atoms in total. The lowest BCUT2D eigenvalue weighted by Gasteiger charge is -2.34. The molecule has 3 heterocycles. The zero-order valence-electron chi connectivity index (χ0n) is 14.9. The zero-order valence-corrected chi connectivity index (χ0v) is 14.9. The number of anilines is 1. The van der Waals surface area contributed by atoms with Crippen molar-refractivity contribution < 1.29 is 10.0 Å². The van der Waals surface area contributed by atoms with Crippen LogP contribution in [0.15, 0.2) is 36.7 Å². The van der Waals surface area contributed by atoms with Gasteiger partial charge < -0.3 is 15.0 Å². The van der Waals surface area contributed by atoms with Gasteiger partial charge in [0.15, 0.2) is 0 Å². The maximum Gasteiger partial charge on any atom is 0.270 e. The van der Waals surface area contributed by atoms with Gasteiger partial charge in [0.2, 0.25) is 0 Å². The quantitative estimate of drug-likeness (QED) is 0.527. The van der Waals surface area contributed by atoms with E-state index in [0.29, 0.717) is 41.2 Å². The van der Waals surface area contributed by atoms with E-state index >= 15 is 0 Å². The number of hydrogen-bond acceptors (Lipinski definition) is 7. The van der Waals surface area contributed by atoms with Gasteiger partial charge in [-0.3, -0.25) is 10.1 Å². The number of fused-ring (bicyclic) bond motifs is 1. The molecular formula is C19H18N6O3. The smallest absolute Gasteiger partial charge is 0.270 e. The first kappa shape index (κ1) is 17.9. The summed E-state index contributed by atoms with van der Waals surface area (Å²) >= 11 is 0. The number of nitrogens with zero attached hydrogens (tertiary/aromatic N) is 5. The van der Waals surface area contributed by atoms with Crippen LogP contribution >= 0.6 is 0 Å². The molecule has 2 N–H and O–H groups in total. The van der Waals surface area contributed by atoms with E-state index in [1.54, 1.807) is 24.5 Å². The van der Waals surface area contributed by atoms with Crippen molar-refractivity contribution in [2.75, 3.05) is 18.0 Å². The Labute approximate surface area is 160 Å². The number of nitriles is 1. The Balaban J connectivity index is 1.56. The molecule has 9 heteroatoms. The van der Waals surface area contributed by atoms with E-state index < -0.39 is 11.0 Å². The van der Waals surface area contributed by atoms with Crippen molar-refractivity contribution in [3.05, 3.63) is 58.2 Å². The summed E-state index contributed by atoms with van der Waals surface area (Å²) in [6.45, 7) is 1.39. The standard InChI is InChI=1S/C19H18N6O3/c20-11-13-9-17(23-16-2-1-14(25(27)28)10-15(13)16)24-7-3-12(4-8-24)18(26)19-21-5-6-22-19/h1-2,5-6,9-10,12,18,26H,3-4,7-8H2,(H,21,22). The van der Waals surface area contributed by atoms with E-state index in [1.165, 1.54) is 12.1 Å². The summed E-state index contributed by atoms with van der Waals surface area (Å²) < 4.78 is 0.